The average Bonchev–Trinajstić information content (AvgIpc) is 1.61. The predicted octanol–water partition coefficient (Wildman–Crippen LogP) is 1.21. The predicted molar refractivity (Wildman–Crippen MR) is 36.3 cm³/mol. The third-order valence-electron chi connectivity index (χ3n) is 0.477. The number of hydrogen-bond donors (Lipinski definition) is 1. The Hall–Kier alpha value is 0.0500. The number of rotatable bonds is 3. The molecule has 0 radical (unpaired) electrons. The molecule has 0 aliphatic carbocycles. The van der Waals surface area contributed by atoms with Gasteiger partial charge in [0.25, 0.3) is 0 Å². The SMILES string of the molecule is C=CSCC(C)N. The van der Waals surface area contributed by atoms with Crippen molar-refractivity contribution in [1.29, 1.82) is 0 Å². The number of thioether (sulfide) groups is 1. The Labute approximate surface area is 49.0 Å². The van der Waals surface area contributed by atoms with E-state index in [0.717, 1.165) is 5.75 Å². The molecule has 0 bridgehead atoms. The largest absolute Gasteiger partial charge is 0.327 e. The second-order valence-corrected chi connectivity index (χ2v) is 2.48. The van der Waals surface area contributed by atoms with Gasteiger partial charge in [-0.1, -0.05) is 6.58 Å². The van der Waals surface area contributed by atoms with Crippen LogP contribution in [0, 0.1) is 0 Å². The second kappa shape index (κ2) is 4.22. The molecule has 0 aromatic heterocycles. The summed E-state index contributed by atoms with van der Waals surface area (Å²) < 4.78 is 0. The van der Waals surface area contributed by atoms with Crippen LogP contribution < -0.4 is 5.73 Å². The third kappa shape index (κ3) is 6.05. The van der Waals surface area contributed by atoms with Crippen molar-refractivity contribution in [1.82, 2.24) is 0 Å². The fourth-order valence-corrected chi connectivity index (χ4v) is 0.659. The topological polar surface area (TPSA) is 26.0 Å². The molecule has 0 amide bonds. The Morgan fingerprint density at radius 1 is 2.00 bits per heavy atom. The van der Waals surface area contributed by atoms with Crippen LogP contribution in [0.3, 0.4) is 0 Å². The van der Waals surface area contributed by atoms with Crippen LogP contribution >= 0.6 is 11.8 Å². The minimum atomic E-state index is 0.294. The van der Waals surface area contributed by atoms with Crippen molar-refractivity contribution in [3.05, 3.63) is 12.0 Å². The van der Waals surface area contributed by atoms with Crippen molar-refractivity contribution in [2.45, 2.75) is 13.0 Å². The summed E-state index contributed by atoms with van der Waals surface area (Å²) in [6.07, 6.45) is 0. The molecule has 1 unspecified atom stereocenters. The van der Waals surface area contributed by atoms with Crippen molar-refractivity contribution in [2.75, 3.05) is 5.75 Å². The van der Waals surface area contributed by atoms with E-state index in [-0.39, 0.29) is 0 Å². The van der Waals surface area contributed by atoms with Crippen LogP contribution in [-0.4, -0.2) is 11.8 Å². The highest BCUT2D eigenvalue weighted by Gasteiger charge is 1.87. The molecule has 1 nitrogen and oxygen atoms in total. The van der Waals surface area contributed by atoms with Crippen LogP contribution in [-0.2, 0) is 0 Å². The van der Waals surface area contributed by atoms with Gasteiger partial charge in [0, 0.05) is 11.8 Å². The minimum absolute atomic E-state index is 0.294. The van der Waals surface area contributed by atoms with Crippen molar-refractivity contribution in [3.8, 4) is 0 Å². The molecule has 0 spiro atoms. The van der Waals surface area contributed by atoms with E-state index in [2.05, 4.69) is 6.58 Å². The van der Waals surface area contributed by atoms with E-state index in [9.17, 15) is 0 Å². The summed E-state index contributed by atoms with van der Waals surface area (Å²) in [4.78, 5) is 0. The normalized spacial score (nSPS) is 13.4. The molecule has 0 heterocycles. The molecule has 2 N–H and O–H groups in total. The van der Waals surface area contributed by atoms with Gasteiger partial charge in [0.1, 0.15) is 0 Å². The molecular weight excluding hydrogens is 106 g/mol. The Kier molecular flexibility index (Phi) is 4.25. The van der Waals surface area contributed by atoms with Gasteiger partial charge in [0.05, 0.1) is 0 Å². The maximum Gasteiger partial charge on any atom is 0.0123 e. The van der Waals surface area contributed by atoms with Gasteiger partial charge in [-0.3, -0.25) is 0 Å². The first kappa shape index (κ1) is 7.05. The Balaban J connectivity index is 2.81. The Bertz CT molecular complexity index is 52.0. The zero-order valence-corrected chi connectivity index (χ0v) is 5.37. The van der Waals surface area contributed by atoms with Crippen LogP contribution in [0.4, 0.5) is 0 Å². The van der Waals surface area contributed by atoms with E-state index in [0.29, 0.717) is 6.04 Å². The quantitative estimate of drug-likeness (QED) is 0.601. The smallest absolute Gasteiger partial charge is 0.0123 e. The van der Waals surface area contributed by atoms with E-state index >= 15 is 0 Å². The van der Waals surface area contributed by atoms with Crippen LogP contribution in [0.25, 0.3) is 0 Å². The highest BCUT2D eigenvalue weighted by molar-refractivity contribution is 8.02. The summed E-state index contributed by atoms with van der Waals surface area (Å²) in [5, 5.41) is 1.81. The van der Waals surface area contributed by atoms with Gasteiger partial charge in [-0.25, -0.2) is 0 Å². The lowest BCUT2D eigenvalue weighted by molar-refractivity contribution is 0.849. The monoisotopic (exact) mass is 117 g/mol. The van der Waals surface area contributed by atoms with Crippen LogP contribution in [0.2, 0.25) is 0 Å². The first-order valence-corrected chi connectivity index (χ1v) is 3.30. The summed E-state index contributed by atoms with van der Waals surface area (Å²) in [7, 11) is 0. The molecule has 7 heavy (non-hydrogen) atoms. The van der Waals surface area contributed by atoms with E-state index in [1.165, 1.54) is 0 Å². The van der Waals surface area contributed by atoms with Gasteiger partial charge in [-0.15, -0.1) is 11.8 Å². The highest BCUT2D eigenvalue weighted by atomic mass is 32.2. The molecule has 2 heteroatoms. The molecule has 1 atom stereocenters. The Morgan fingerprint density at radius 2 is 2.57 bits per heavy atom. The first-order chi connectivity index (χ1) is 3.27. The first-order valence-electron chi connectivity index (χ1n) is 2.25. The average molecular weight is 117 g/mol. The highest BCUT2D eigenvalue weighted by Crippen LogP contribution is 1.99. The molecule has 0 aromatic carbocycles. The lowest BCUT2D eigenvalue weighted by Crippen LogP contribution is -2.16. The molecule has 0 fully saturated rings. The summed E-state index contributed by atoms with van der Waals surface area (Å²) in [6, 6.07) is 0.294. The molecule has 0 saturated heterocycles. The number of hydrogen-bond acceptors (Lipinski definition) is 2. The maximum absolute atomic E-state index is 5.41. The standard InChI is InChI=1S/C5H11NS/c1-3-7-4-5(2)6/h3,5H,1,4,6H2,2H3. The molecule has 0 aromatic rings. The van der Waals surface area contributed by atoms with Gasteiger partial charge >= 0.3 is 0 Å². The van der Waals surface area contributed by atoms with E-state index in [1.807, 2.05) is 12.3 Å². The summed E-state index contributed by atoms with van der Waals surface area (Å²) in [5.41, 5.74) is 5.41. The zero-order valence-electron chi connectivity index (χ0n) is 4.55. The van der Waals surface area contributed by atoms with Crippen LogP contribution in [0.5, 0.6) is 0 Å². The molecule has 0 aliphatic heterocycles. The van der Waals surface area contributed by atoms with Crippen molar-refractivity contribution < 1.29 is 0 Å². The fourth-order valence-electron chi connectivity index (χ4n) is 0.220. The lowest BCUT2D eigenvalue weighted by Gasteiger charge is -1.97. The number of nitrogens with two attached hydrogens (primary N) is 1. The zero-order chi connectivity index (χ0) is 5.70. The summed E-state index contributed by atoms with van der Waals surface area (Å²) in [5.74, 6) is 0.976. The van der Waals surface area contributed by atoms with Crippen molar-refractivity contribution >= 4 is 11.8 Å². The minimum Gasteiger partial charge on any atom is -0.327 e. The van der Waals surface area contributed by atoms with E-state index in [1.54, 1.807) is 11.8 Å². The molecule has 0 rings (SSSR count). The van der Waals surface area contributed by atoms with Crippen molar-refractivity contribution in [2.24, 2.45) is 5.73 Å². The summed E-state index contributed by atoms with van der Waals surface area (Å²) >= 11 is 1.66. The fraction of sp³-hybridized carbons (Fsp3) is 0.600. The Morgan fingerprint density at radius 3 is 2.71 bits per heavy atom. The van der Waals surface area contributed by atoms with Gasteiger partial charge in [-0.05, 0) is 12.3 Å². The molecule has 0 saturated carbocycles. The van der Waals surface area contributed by atoms with Crippen LogP contribution in [0.1, 0.15) is 6.92 Å². The molecular formula is C5H11NS. The molecule has 0 aliphatic rings. The van der Waals surface area contributed by atoms with Crippen molar-refractivity contribution in [3.63, 3.8) is 0 Å². The van der Waals surface area contributed by atoms with E-state index < -0.39 is 0 Å². The molecule has 42 valence electrons. The van der Waals surface area contributed by atoms with Gasteiger partial charge in [0.2, 0.25) is 0 Å². The van der Waals surface area contributed by atoms with E-state index in [4.69, 9.17) is 5.73 Å². The summed E-state index contributed by atoms with van der Waals surface area (Å²) in [6.45, 7) is 5.52. The van der Waals surface area contributed by atoms with Gasteiger partial charge < -0.3 is 5.73 Å². The lowest BCUT2D eigenvalue weighted by atomic mass is 10.4. The second-order valence-electron chi connectivity index (χ2n) is 1.48. The van der Waals surface area contributed by atoms with Crippen LogP contribution in [0.15, 0.2) is 12.0 Å². The van der Waals surface area contributed by atoms with Gasteiger partial charge in [0.15, 0.2) is 0 Å². The third-order valence-corrected chi connectivity index (χ3v) is 1.43. The maximum atomic E-state index is 5.41. The van der Waals surface area contributed by atoms with Gasteiger partial charge in [-0.2, -0.15) is 0 Å².